The van der Waals surface area contributed by atoms with Crippen molar-refractivity contribution in [2.45, 2.75) is 19.2 Å². The summed E-state index contributed by atoms with van der Waals surface area (Å²) in [4.78, 5) is 2.26. The lowest BCUT2D eigenvalue weighted by molar-refractivity contribution is 0.0631. The van der Waals surface area contributed by atoms with E-state index in [9.17, 15) is 5.11 Å². The number of hydrogen-bond donors (Lipinski definition) is 3. The maximum atomic E-state index is 10.7. The third-order valence-corrected chi connectivity index (χ3v) is 4.97. The van der Waals surface area contributed by atoms with E-state index in [1.807, 2.05) is 54.6 Å². The van der Waals surface area contributed by atoms with Gasteiger partial charge in [-0.15, -0.1) is 0 Å². The molecular formula is C24H27N3O2. The third-order valence-electron chi connectivity index (χ3n) is 4.97. The van der Waals surface area contributed by atoms with Crippen LogP contribution in [0.25, 0.3) is 0 Å². The molecule has 29 heavy (non-hydrogen) atoms. The highest BCUT2D eigenvalue weighted by molar-refractivity contribution is 5.79. The SMILES string of the molecule is O[C@@H](COc1cccc2c1NCN2)CN(Cc1ccccc1)Cc1ccccc1. The molecule has 5 nitrogen and oxygen atoms in total. The van der Waals surface area contributed by atoms with E-state index in [1.54, 1.807) is 0 Å². The molecule has 1 aliphatic rings. The second-order valence-corrected chi connectivity index (χ2v) is 7.31. The fourth-order valence-electron chi connectivity index (χ4n) is 3.61. The van der Waals surface area contributed by atoms with Crippen LogP contribution in [-0.4, -0.2) is 35.9 Å². The van der Waals surface area contributed by atoms with Crippen LogP contribution in [0.4, 0.5) is 11.4 Å². The number of aliphatic hydroxyl groups excluding tert-OH is 1. The van der Waals surface area contributed by atoms with Crippen molar-refractivity contribution in [1.82, 2.24) is 4.90 Å². The number of rotatable bonds is 9. The minimum Gasteiger partial charge on any atom is -0.489 e. The van der Waals surface area contributed by atoms with Crippen LogP contribution in [-0.2, 0) is 13.1 Å². The zero-order valence-corrected chi connectivity index (χ0v) is 16.4. The molecule has 0 fully saturated rings. The van der Waals surface area contributed by atoms with Crippen LogP contribution in [0.3, 0.4) is 0 Å². The third kappa shape index (κ3) is 5.28. The molecule has 0 saturated heterocycles. The molecule has 0 radical (unpaired) electrons. The summed E-state index contributed by atoms with van der Waals surface area (Å²) in [5, 5.41) is 17.2. The average molecular weight is 389 g/mol. The summed E-state index contributed by atoms with van der Waals surface area (Å²) in [6.07, 6.45) is -0.590. The normalized spacial score (nSPS) is 13.4. The molecule has 0 aliphatic carbocycles. The zero-order valence-electron chi connectivity index (χ0n) is 16.4. The van der Waals surface area contributed by atoms with Gasteiger partial charge in [-0.3, -0.25) is 4.90 Å². The Hall–Kier alpha value is -3.02. The van der Waals surface area contributed by atoms with Crippen LogP contribution in [0.2, 0.25) is 0 Å². The van der Waals surface area contributed by atoms with Gasteiger partial charge >= 0.3 is 0 Å². The second kappa shape index (κ2) is 9.45. The first-order chi connectivity index (χ1) is 14.3. The van der Waals surface area contributed by atoms with Gasteiger partial charge in [0.2, 0.25) is 0 Å². The number of ether oxygens (including phenoxy) is 1. The molecule has 0 saturated carbocycles. The van der Waals surface area contributed by atoms with Crippen molar-refractivity contribution >= 4 is 11.4 Å². The number of anilines is 2. The predicted octanol–water partition coefficient (Wildman–Crippen LogP) is 3.92. The van der Waals surface area contributed by atoms with Gasteiger partial charge in [0.1, 0.15) is 24.1 Å². The van der Waals surface area contributed by atoms with Gasteiger partial charge in [-0.05, 0) is 23.3 Å². The van der Waals surface area contributed by atoms with Crippen molar-refractivity contribution in [3.8, 4) is 5.75 Å². The number of nitrogens with zero attached hydrogens (tertiary/aromatic N) is 1. The Morgan fingerprint density at radius 1 is 0.828 bits per heavy atom. The first-order valence-corrected chi connectivity index (χ1v) is 10.00. The molecule has 3 N–H and O–H groups in total. The van der Waals surface area contributed by atoms with E-state index in [0.717, 1.165) is 30.2 Å². The first-order valence-electron chi connectivity index (χ1n) is 10.00. The van der Waals surface area contributed by atoms with Gasteiger partial charge in [-0.25, -0.2) is 0 Å². The van der Waals surface area contributed by atoms with E-state index >= 15 is 0 Å². The van der Waals surface area contributed by atoms with Crippen molar-refractivity contribution in [2.24, 2.45) is 0 Å². The zero-order chi connectivity index (χ0) is 19.9. The van der Waals surface area contributed by atoms with E-state index in [2.05, 4.69) is 39.8 Å². The van der Waals surface area contributed by atoms with Crippen molar-refractivity contribution in [3.05, 3.63) is 90.0 Å². The van der Waals surface area contributed by atoms with Crippen LogP contribution < -0.4 is 15.4 Å². The smallest absolute Gasteiger partial charge is 0.144 e. The van der Waals surface area contributed by atoms with Gasteiger partial charge < -0.3 is 20.5 Å². The molecule has 0 unspecified atom stereocenters. The Morgan fingerprint density at radius 2 is 1.48 bits per heavy atom. The quantitative estimate of drug-likeness (QED) is 0.518. The number of aliphatic hydroxyl groups is 1. The lowest BCUT2D eigenvalue weighted by Crippen LogP contribution is -2.35. The van der Waals surface area contributed by atoms with Crippen molar-refractivity contribution in [2.75, 3.05) is 30.5 Å². The predicted molar refractivity (Wildman–Crippen MR) is 117 cm³/mol. The summed E-state index contributed by atoms with van der Waals surface area (Å²) in [6, 6.07) is 26.6. The van der Waals surface area contributed by atoms with E-state index in [1.165, 1.54) is 11.1 Å². The van der Waals surface area contributed by atoms with E-state index in [4.69, 9.17) is 4.74 Å². The minimum atomic E-state index is -0.590. The summed E-state index contributed by atoms with van der Waals surface area (Å²) >= 11 is 0. The van der Waals surface area contributed by atoms with Gasteiger partial charge in [0.05, 0.1) is 12.4 Å². The molecule has 1 heterocycles. The summed E-state index contributed by atoms with van der Waals surface area (Å²) in [5.41, 5.74) is 4.46. The molecule has 1 aliphatic heterocycles. The molecule has 0 spiro atoms. The summed E-state index contributed by atoms with van der Waals surface area (Å²) in [6.45, 7) is 3.03. The Kier molecular flexibility index (Phi) is 6.29. The highest BCUT2D eigenvalue weighted by atomic mass is 16.5. The van der Waals surface area contributed by atoms with E-state index < -0.39 is 6.10 Å². The Bertz CT molecular complexity index is 861. The van der Waals surface area contributed by atoms with Crippen LogP contribution >= 0.6 is 0 Å². The lowest BCUT2D eigenvalue weighted by Gasteiger charge is -2.25. The topological polar surface area (TPSA) is 56.8 Å². The second-order valence-electron chi connectivity index (χ2n) is 7.31. The van der Waals surface area contributed by atoms with E-state index in [0.29, 0.717) is 13.2 Å². The Morgan fingerprint density at radius 3 is 2.14 bits per heavy atom. The number of para-hydroxylation sites is 1. The molecule has 4 rings (SSSR count). The fraction of sp³-hybridized carbons (Fsp3) is 0.250. The fourth-order valence-corrected chi connectivity index (χ4v) is 3.61. The lowest BCUT2D eigenvalue weighted by atomic mass is 10.1. The molecule has 0 bridgehead atoms. The van der Waals surface area contributed by atoms with Gasteiger partial charge in [-0.1, -0.05) is 66.7 Å². The number of fused-ring (bicyclic) bond motifs is 1. The number of benzene rings is 3. The molecule has 0 amide bonds. The van der Waals surface area contributed by atoms with Crippen LogP contribution in [0.5, 0.6) is 5.75 Å². The average Bonchev–Trinajstić information content (AvgIpc) is 3.23. The monoisotopic (exact) mass is 389 g/mol. The van der Waals surface area contributed by atoms with Crippen molar-refractivity contribution in [3.63, 3.8) is 0 Å². The molecular weight excluding hydrogens is 362 g/mol. The first kappa shape index (κ1) is 19.3. The summed E-state index contributed by atoms with van der Waals surface area (Å²) < 4.78 is 5.93. The van der Waals surface area contributed by atoms with Crippen LogP contribution in [0, 0.1) is 0 Å². The molecule has 150 valence electrons. The Balaban J connectivity index is 1.39. The maximum Gasteiger partial charge on any atom is 0.144 e. The minimum absolute atomic E-state index is 0.248. The van der Waals surface area contributed by atoms with Crippen molar-refractivity contribution in [1.29, 1.82) is 0 Å². The number of hydrogen-bond acceptors (Lipinski definition) is 5. The molecule has 1 atom stereocenters. The van der Waals surface area contributed by atoms with Crippen LogP contribution in [0.1, 0.15) is 11.1 Å². The van der Waals surface area contributed by atoms with Crippen molar-refractivity contribution < 1.29 is 9.84 Å². The highest BCUT2D eigenvalue weighted by Crippen LogP contribution is 2.35. The number of nitrogens with one attached hydrogen (secondary N) is 2. The summed E-state index contributed by atoms with van der Waals surface area (Å²) in [7, 11) is 0. The van der Waals surface area contributed by atoms with E-state index in [-0.39, 0.29) is 6.61 Å². The largest absolute Gasteiger partial charge is 0.489 e. The molecule has 0 aromatic heterocycles. The van der Waals surface area contributed by atoms with Gasteiger partial charge in [-0.2, -0.15) is 0 Å². The van der Waals surface area contributed by atoms with Gasteiger partial charge in [0.15, 0.2) is 0 Å². The maximum absolute atomic E-state index is 10.7. The standard InChI is InChI=1S/C24H27N3O2/c28-21(17-29-23-13-7-12-22-24(23)26-18-25-22)16-27(14-19-8-3-1-4-9-19)15-20-10-5-2-6-11-20/h1-13,21,25-26,28H,14-18H2/t21-/m1/s1. The molecule has 3 aromatic rings. The Labute approximate surface area is 171 Å². The van der Waals surface area contributed by atoms with Gasteiger partial charge in [0, 0.05) is 19.6 Å². The highest BCUT2D eigenvalue weighted by Gasteiger charge is 2.17. The molecule has 3 aromatic carbocycles. The van der Waals surface area contributed by atoms with Crippen LogP contribution in [0.15, 0.2) is 78.9 Å². The molecule has 5 heteroatoms. The van der Waals surface area contributed by atoms with Gasteiger partial charge in [0.25, 0.3) is 0 Å². The summed E-state index contributed by atoms with van der Waals surface area (Å²) in [5.74, 6) is 0.768.